The van der Waals surface area contributed by atoms with Crippen molar-refractivity contribution in [3.63, 3.8) is 0 Å². The van der Waals surface area contributed by atoms with Gasteiger partial charge in [-0.3, -0.25) is 9.78 Å². The molecule has 0 fully saturated rings. The van der Waals surface area contributed by atoms with Gasteiger partial charge in [0, 0.05) is 12.4 Å². The first kappa shape index (κ1) is 13.2. The minimum atomic E-state index is -1.01. The van der Waals surface area contributed by atoms with Crippen molar-refractivity contribution in [2.75, 3.05) is 0 Å². The molecule has 0 aromatic carbocycles. The molecular weight excluding hydrogens is 220 g/mol. The van der Waals surface area contributed by atoms with Crippen LogP contribution in [-0.2, 0) is 16.0 Å². The number of hydrogen-bond donors (Lipinski definition) is 2. The highest BCUT2D eigenvalue weighted by Gasteiger charge is 2.23. The molecule has 92 valence electrons. The first-order chi connectivity index (χ1) is 8.00. The van der Waals surface area contributed by atoms with Crippen LogP contribution in [0.3, 0.4) is 0 Å². The molecular formula is C12H16N2O3. The summed E-state index contributed by atoms with van der Waals surface area (Å²) >= 11 is 0. The number of carboxylic acids is 1. The summed E-state index contributed by atoms with van der Waals surface area (Å²) in [4.78, 5) is 26.4. The van der Waals surface area contributed by atoms with E-state index in [1.165, 1.54) is 0 Å². The lowest BCUT2D eigenvalue weighted by molar-refractivity contribution is -0.143. The molecule has 0 aliphatic rings. The van der Waals surface area contributed by atoms with Gasteiger partial charge in [0.05, 0.1) is 6.42 Å². The minimum absolute atomic E-state index is 0.145. The van der Waals surface area contributed by atoms with Gasteiger partial charge in [0.1, 0.15) is 6.04 Å². The maximum Gasteiger partial charge on any atom is 0.326 e. The highest BCUT2D eigenvalue weighted by molar-refractivity contribution is 5.84. The van der Waals surface area contributed by atoms with Crippen LogP contribution in [0.25, 0.3) is 0 Å². The van der Waals surface area contributed by atoms with Crippen LogP contribution in [-0.4, -0.2) is 28.0 Å². The number of pyridine rings is 1. The fourth-order valence-corrected chi connectivity index (χ4v) is 1.42. The third kappa shape index (κ3) is 4.22. The van der Waals surface area contributed by atoms with E-state index in [9.17, 15) is 9.59 Å². The highest BCUT2D eigenvalue weighted by Crippen LogP contribution is 2.03. The van der Waals surface area contributed by atoms with Crippen LogP contribution in [0.2, 0.25) is 0 Å². The smallest absolute Gasteiger partial charge is 0.326 e. The quantitative estimate of drug-likeness (QED) is 0.794. The van der Waals surface area contributed by atoms with E-state index in [0.29, 0.717) is 0 Å². The van der Waals surface area contributed by atoms with Gasteiger partial charge in [-0.2, -0.15) is 0 Å². The van der Waals surface area contributed by atoms with E-state index in [1.807, 2.05) is 0 Å². The Morgan fingerprint density at radius 3 is 2.41 bits per heavy atom. The van der Waals surface area contributed by atoms with Crippen LogP contribution < -0.4 is 5.32 Å². The summed E-state index contributed by atoms with van der Waals surface area (Å²) in [6.07, 6.45) is 3.36. The van der Waals surface area contributed by atoms with Crippen LogP contribution in [0.1, 0.15) is 19.4 Å². The Morgan fingerprint density at radius 1 is 1.35 bits per heavy atom. The van der Waals surface area contributed by atoms with Gasteiger partial charge >= 0.3 is 5.97 Å². The fraction of sp³-hybridized carbons (Fsp3) is 0.417. The molecule has 0 saturated heterocycles. The lowest BCUT2D eigenvalue weighted by Crippen LogP contribution is -2.44. The van der Waals surface area contributed by atoms with E-state index >= 15 is 0 Å². The molecule has 0 aliphatic carbocycles. The van der Waals surface area contributed by atoms with Crippen molar-refractivity contribution >= 4 is 11.9 Å². The number of aliphatic carboxylic acids is 1. The summed E-state index contributed by atoms with van der Waals surface area (Å²) in [5, 5.41) is 11.4. The van der Waals surface area contributed by atoms with Crippen LogP contribution >= 0.6 is 0 Å². The number of aromatic nitrogens is 1. The van der Waals surface area contributed by atoms with Gasteiger partial charge in [0.15, 0.2) is 0 Å². The van der Waals surface area contributed by atoms with Crippen molar-refractivity contribution in [2.24, 2.45) is 5.92 Å². The summed E-state index contributed by atoms with van der Waals surface area (Å²) in [6, 6.07) is 2.61. The maximum absolute atomic E-state index is 11.6. The second-order valence-corrected chi connectivity index (χ2v) is 4.16. The number of carbonyl (C=O) groups excluding carboxylic acids is 1. The predicted octanol–water partition coefficient (Wildman–Crippen LogP) is 0.849. The first-order valence-corrected chi connectivity index (χ1v) is 5.41. The zero-order valence-corrected chi connectivity index (χ0v) is 9.88. The topological polar surface area (TPSA) is 79.3 Å². The molecule has 1 amide bonds. The summed E-state index contributed by atoms with van der Waals surface area (Å²) in [6.45, 7) is 3.51. The Morgan fingerprint density at radius 2 is 1.94 bits per heavy atom. The zero-order chi connectivity index (χ0) is 12.8. The molecule has 2 N–H and O–H groups in total. The normalized spacial score (nSPS) is 12.2. The molecule has 0 unspecified atom stereocenters. The SMILES string of the molecule is CC(C)[C@H](NC(=O)Cc1ccncc1)C(=O)O. The van der Waals surface area contributed by atoms with Crippen molar-refractivity contribution in [2.45, 2.75) is 26.3 Å². The minimum Gasteiger partial charge on any atom is -0.480 e. The molecule has 1 rings (SSSR count). The van der Waals surface area contributed by atoms with Gasteiger partial charge < -0.3 is 10.4 Å². The van der Waals surface area contributed by atoms with E-state index < -0.39 is 12.0 Å². The number of nitrogens with one attached hydrogen (secondary N) is 1. The largest absolute Gasteiger partial charge is 0.480 e. The van der Waals surface area contributed by atoms with Crippen LogP contribution in [0, 0.1) is 5.92 Å². The molecule has 5 nitrogen and oxygen atoms in total. The molecule has 0 bridgehead atoms. The van der Waals surface area contributed by atoms with E-state index in [2.05, 4.69) is 10.3 Å². The summed E-state index contributed by atoms with van der Waals surface area (Å²) in [7, 11) is 0. The molecule has 5 heteroatoms. The zero-order valence-electron chi connectivity index (χ0n) is 9.88. The molecule has 1 atom stereocenters. The summed E-state index contributed by atoms with van der Waals surface area (Å²) in [5.41, 5.74) is 0.811. The monoisotopic (exact) mass is 236 g/mol. The lowest BCUT2D eigenvalue weighted by atomic mass is 10.0. The van der Waals surface area contributed by atoms with Crippen molar-refractivity contribution in [1.82, 2.24) is 10.3 Å². The maximum atomic E-state index is 11.6. The number of carboxylic acid groups (broad SMARTS) is 1. The van der Waals surface area contributed by atoms with Gasteiger partial charge in [0.2, 0.25) is 5.91 Å². The first-order valence-electron chi connectivity index (χ1n) is 5.41. The van der Waals surface area contributed by atoms with Crippen molar-refractivity contribution in [3.8, 4) is 0 Å². The van der Waals surface area contributed by atoms with Crippen molar-refractivity contribution in [1.29, 1.82) is 0 Å². The second kappa shape index (κ2) is 5.98. The number of hydrogen-bond acceptors (Lipinski definition) is 3. The molecule has 0 saturated carbocycles. The van der Waals surface area contributed by atoms with Crippen molar-refractivity contribution in [3.05, 3.63) is 30.1 Å². The standard InChI is InChI=1S/C12H16N2O3/c1-8(2)11(12(16)17)14-10(15)7-9-3-5-13-6-4-9/h3-6,8,11H,7H2,1-2H3,(H,14,15)(H,16,17)/t11-/m0/s1. The van der Waals surface area contributed by atoms with Crippen LogP contribution in [0.5, 0.6) is 0 Å². The fourth-order valence-electron chi connectivity index (χ4n) is 1.42. The number of rotatable bonds is 5. The van der Waals surface area contributed by atoms with Gasteiger partial charge in [-0.15, -0.1) is 0 Å². The van der Waals surface area contributed by atoms with E-state index in [0.717, 1.165) is 5.56 Å². The third-order valence-electron chi connectivity index (χ3n) is 2.36. The van der Waals surface area contributed by atoms with Crippen molar-refractivity contribution < 1.29 is 14.7 Å². The second-order valence-electron chi connectivity index (χ2n) is 4.16. The summed E-state index contributed by atoms with van der Waals surface area (Å²) in [5.74, 6) is -1.45. The molecule has 17 heavy (non-hydrogen) atoms. The van der Waals surface area contributed by atoms with Crippen LogP contribution in [0.15, 0.2) is 24.5 Å². The van der Waals surface area contributed by atoms with E-state index in [4.69, 9.17) is 5.11 Å². The van der Waals surface area contributed by atoms with E-state index in [-0.39, 0.29) is 18.2 Å². The third-order valence-corrected chi connectivity index (χ3v) is 2.36. The Bertz CT molecular complexity index is 390. The predicted molar refractivity (Wildman–Crippen MR) is 62.3 cm³/mol. The van der Waals surface area contributed by atoms with Gasteiger partial charge in [-0.05, 0) is 23.6 Å². The number of amides is 1. The van der Waals surface area contributed by atoms with Crippen LogP contribution in [0.4, 0.5) is 0 Å². The summed E-state index contributed by atoms with van der Waals surface area (Å²) < 4.78 is 0. The molecule has 0 spiro atoms. The number of carbonyl (C=O) groups is 2. The van der Waals surface area contributed by atoms with E-state index in [1.54, 1.807) is 38.4 Å². The molecule has 1 aromatic heterocycles. The Kier molecular flexibility index (Phi) is 4.63. The Labute approximate surface area is 99.9 Å². The number of nitrogens with zero attached hydrogens (tertiary/aromatic N) is 1. The van der Waals surface area contributed by atoms with Gasteiger partial charge in [0.25, 0.3) is 0 Å². The molecule has 1 heterocycles. The van der Waals surface area contributed by atoms with Gasteiger partial charge in [-0.1, -0.05) is 13.8 Å². The highest BCUT2D eigenvalue weighted by atomic mass is 16.4. The average Bonchev–Trinajstić information content (AvgIpc) is 2.26. The average molecular weight is 236 g/mol. The molecule has 0 radical (unpaired) electrons. The molecule has 1 aromatic rings. The lowest BCUT2D eigenvalue weighted by Gasteiger charge is -2.17. The Balaban J connectivity index is 2.57. The Hall–Kier alpha value is -1.91. The molecule has 0 aliphatic heterocycles. The van der Waals surface area contributed by atoms with Gasteiger partial charge in [-0.25, -0.2) is 4.79 Å².